The average Bonchev–Trinajstić information content (AvgIpc) is 2.00. The summed E-state index contributed by atoms with van der Waals surface area (Å²) in [4.78, 5) is 0. The Morgan fingerprint density at radius 1 is 1.36 bits per heavy atom. The van der Waals surface area contributed by atoms with E-state index in [4.69, 9.17) is 23.2 Å². The molecule has 0 aliphatic carbocycles. The van der Waals surface area contributed by atoms with Gasteiger partial charge < -0.3 is 0 Å². The van der Waals surface area contributed by atoms with E-state index in [1.807, 2.05) is 0 Å². The third kappa shape index (κ3) is 6.00. The molecule has 0 aromatic heterocycles. The summed E-state index contributed by atoms with van der Waals surface area (Å²) in [5.74, 6) is 0. The molecule has 1 atom stereocenters. The van der Waals surface area contributed by atoms with Gasteiger partial charge in [-0.2, -0.15) is 0 Å². The maximum Gasteiger partial charge on any atom is 0.0640 e. The Bertz CT molecular complexity index is 104. The van der Waals surface area contributed by atoms with Crippen molar-refractivity contribution in [2.75, 3.05) is 5.50 Å². The lowest BCUT2D eigenvalue weighted by molar-refractivity contribution is 0.773. The van der Waals surface area contributed by atoms with E-state index < -0.39 is 8.07 Å². The van der Waals surface area contributed by atoms with Crippen LogP contribution in [0.3, 0.4) is 0 Å². The Balaban J connectivity index is 3.52. The van der Waals surface area contributed by atoms with E-state index in [1.54, 1.807) is 0 Å². The largest absolute Gasteiger partial charge is 0.130 e. The number of hydrogen-bond donors (Lipinski definition) is 0. The fourth-order valence-electron chi connectivity index (χ4n) is 0.818. The van der Waals surface area contributed by atoms with Crippen LogP contribution < -0.4 is 0 Å². The van der Waals surface area contributed by atoms with Crippen LogP contribution in [0.15, 0.2) is 0 Å². The summed E-state index contributed by atoms with van der Waals surface area (Å²) in [7, 11) is -1.08. The Morgan fingerprint density at radius 3 is 2.27 bits per heavy atom. The van der Waals surface area contributed by atoms with Gasteiger partial charge in [0.2, 0.25) is 0 Å². The van der Waals surface area contributed by atoms with Gasteiger partial charge in [0, 0.05) is 10.9 Å². The van der Waals surface area contributed by atoms with Crippen molar-refractivity contribution in [1.82, 2.24) is 0 Å². The zero-order valence-electron chi connectivity index (χ0n) is 7.66. The van der Waals surface area contributed by atoms with Gasteiger partial charge in [-0.1, -0.05) is 26.1 Å². The highest BCUT2D eigenvalue weighted by Crippen LogP contribution is 2.18. The minimum atomic E-state index is -1.08. The fourth-order valence-corrected chi connectivity index (χ4v) is 2.77. The maximum absolute atomic E-state index is 6.01. The normalized spacial score (nSPS) is 15.0. The third-order valence-electron chi connectivity index (χ3n) is 1.94. The highest BCUT2D eigenvalue weighted by atomic mass is 35.5. The minimum absolute atomic E-state index is 0.366. The Morgan fingerprint density at radius 2 is 1.91 bits per heavy atom. The van der Waals surface area contributed by atoms with E-state index in [0.29, 0.717) is 5.38 Å². The number of hydrogen-bond acceptors (Lipinski definition) is 0. The van der Waals surface area contributed by atoms with Gasteiger partial charge in [-0.25, -0.2) is 0 Å². The standard InChI is InChI=1S/C8H18Cl2Si/c1-4-8(10)5-6-11(2,3)7-9/h8H,4-7H2,1-3H3. The first kappa shape index (κ1) is 11.8. The van der Waals surface area contributed by atoms with Gasteiger partial charge in [-0.15, -0.1) is 23.2 Å². The molecule has 0 heterocycles. The minimum Gasteiger partial charge on any atom is -0.130 e. The Hall–Kier alpha value is 0.797. The van der Waals surface area contributed by atoms with Gasteiger partial charge in [0.15, 0.2) is 0 Å². The zero-order valence-corrected chi connectivity index (χ0v) is 10.2. The second kappa shape index (κ2) is 5.44. The quantitative estimate of drug-likeness (QED) is 0.480. The van der Waals surface area contributed by atoms with Crippen LogP contribution in [-0.2, 0) is 0 Å². The lowest BCUT2D eigenvalue weighted by Crippen LogP contribution is -2.28. The molecule has 0 aliphatic heterocycles. The van der Waals surface area contributed by atoms with E-state index in [9.17, 15) is 0 Å². The van der Waals surface area contributed by atoms with Crippen LogP contribution >= 0.6 is 23.2 Å². The molecule has 0 aliphatic rings. The van der Waals surface area contributed by atoms with Crippen LogP contribution in [0.5, 0.6) is 0 Å². The first-order chi connectivity index (χ1) is 5.02. The van der Waals surface area contributed by atoms with Crippen molar-refractivity contribution in [3.8, 4) is 0 Å². The molecule has 0 saturated carbocycles. The first-order valence-corrected chi connectivity index (χ1v) is 8.60. The fraction of sp³-hybridized carbons (Fsp3) is 1.00. The molecule has 0 N–H and O–H groups in total. The summed E-state index contributed by atoms with van der Waals surface area (Å²) in [6.07, 6.45) is 2.22. The zero-order chi connectivity index (χ0) is 8.91. The molecule has 0 amide bonds. The predicted octanol–water partition coefficient (Wildman–Crippen LogP) is 3.88. The smallest absolute Gasteiger partial charge is 0.0640 e. The highest BCUT2D eigenvalue weighted by molar-refractivity contribution is 6.83. The topological polar surface area (TPSA) is 0 Å². The molecular weight excluding hydrogens is 195 g/mol. The van der Waals surface area contributed by atoms with Crippen molar-refractivity contribution in [3.05, 3.63) is 0 Å². The molecule has 11 heavy (non-hydrogen) atoms. The summed E-state index contributed by atoms with van der Waals surface area (Å²) in [5, 5.41) is 0.366. The van der Waals surface area contributed by atoms with Crippen LogP contribution in [0, 0.1) is 0 Å². The summed E-state index contributed by atoms with van der Waals surface area (Å²) in [6, 6.07) is 1.26. The molecule has 3 heteroatoms. The third-order valence-corrected chi connectivity index (χ3v) is 7.00. The van der Waals surface area contributed by atoms with E-state index in [1.165, 1.54) is 6.04 Å². The molecule has 1 unspecified atom stereocenters. The van der Waals surface area contributed by atoms with Gasteiger partial charge in [0.05, 0.1) is 8.07 Å². The van der Waals surface area contributed by atoms with Crippen molar-refractivity contribution in [1.29, 1.82) is 0 Å². The van der Waals surface area contributed by atoms with Crippen molar-refractivity contribution >= 4 is 31.3 Å². The summed E-state index contributed by atoms with van der Waals surface area (Å²) >= 11 is 11.8. The monoisotopic (exact) mass is 212 g/mol. The van der Waals surface area contributed by atoms with Gasteiger partial charge in [-0.3, -0.25) is 0 Å². The maximum atomic E-state index is 6.01. The molecule has 0 radical (unpaired) electrons. The van der Waals surface area contributed by atoms with Crippen molar-refractivity contribution < 1.29 is 0 Å². The lowest BCUT2D eigenvalue weighted by atomic mass is 10.3. The van der Waals surface area contributed by atoms with Gasteiger partial charge in [-0.05, 0) is 12.8 Å². The van der Waals surface area contributed by atoms with Crippen LogP contribution in [-0.4, -0.2) is 19.0 Å². The molecular formula is C8H18Cl2Si. The molecule has 0 bridgehead atoms. The van der Waals surface area contributed by atoms with Crippen LogP contribution in [0.1, 0.15) is 19.8 Å². The Kier molecular flexibility index (Phi) is 5.84. The Labute approximate surface area is 81.3 Å². The number of rotatable bonds is 5. The summed E-state index contributed by atoms with van der Waals surface area (Å²) in [5.41, 5.74) is 0.861. The molecule has 0 rings (SSSR count). The van der Waals surface area contributed by atoms with Crippen molar-refractivity contribution in [2.45, 2.75) is 44.3 Å². The second-order valence-electron chi connectivity index (χ2n) is 3.84. The van der Waals surface area contributed by atoms with E-state index in [-0.39, 0.29) is 0 Å². The number of halogens is 2. The molecule has 0 aromatic carbocycles. The van der Waals surface area contributed by atoms with E-state index in [2.05, 4.69) is 20.0 Å². The molecule has 0 nitrogen and oxygen atoms in total. The van der Waals surface area contributed by atoms with Crippen molar-refractivity contribution in [3.63, 3.8) is 0 Å². The number of alkyl halides is 2. The van der Waals surface area contributed by atoms with Crippen LogP contribution in [0.25, 0.3) is 0 Å². The van der Waals surface area contributed by atoms with E-state index >= 15 is 0 Å². The van der Waals surface area contributed by atoms with Gasteiger partial charge in [0.1, 0.15) is 0 Å². The van der Waals surface area contributed by atoms with Crippen molar-refractivity contribution in [2.24, 2.45) is 0 Å². The SMILES string of the molecule is CCC(Cl)CC[Si](C)(C)CCl. The van der Waals surface area contributed by atoms with Crippen LogP contribution in [0.4, 0.5) is 0 Å². The highest BCUT2D eigenvalue weighted by Gasteiger charge is 2.19. The predicted molar refractivity (Wildman–Crippen MR) is 57.6 cm³/mol. The summed E-state index contributed by atoms with van der Waals surface area (Å²) < 4.78 is 0. The molecule has 0 saturated heterocycles. The molecule has 68 valence electrons. The summed E-state index contributed by atoms with van der Waals surface area (Å²) in [6.45, 7) is 6.77. The average molecular weight is 213 g/mol. The molecule has 0 fully saturated rings. The van der Waals surface area contributed by atoms with Crippen LogP contribution in [0.2, 0.25) is 19.1 Å². The van der Waals surface area contributed by atoms with Gasteiger partial charge >= 0.3 is 0 Å². The second-order valence-corrected chi connectivity index (χ2v) is 10.4. The molecule has 0 aromatic rings. The van der Waals surface area contributed by atoms with Gasteiger partial charge in [0.25, 0.3) is 0 Å². The lowest BCUT2D eigenvalue weighted by Gasteiger charge is -2.19. The first-order valence-electron chi connectivity index (χ1n) is 4.22. The molecule has 0 spiro atoms. The van der Waals surface area contributed by atoms with E-state index in [0.717, 1.165) is 18.3 Å².